The standard InChI is InChI=1S/C22H18F3N3O2/c23-22(24,25)14-7-5-13(6-8-14)21(30)27-11-18-20-16(9-10-28(18)19(29)12-27)15-3-1-2-4-17(15)26-20/h1-8,18,26H,9-12H2. The van der Waals surface area contributed by atoms with Crippen LogP contribution in [-0.2, 0) is 17.4 Å². The van der Waals surface area contributed by atoms with Gasteiger partial charge in [-0.3, -0.25) is 9.59 Å². The van der Waals surface area contributed by atoms with Gasteiger partial charge in [0.25, 0.3) is 5.91 Å². The van der Waals surface area contributed by atoms with Crippen LogP contribution >= 0.6 is 0 Å². The van der Waals surface area contributed by atoms with Crippen molar-refractivity contribution in [3.05, 3.63) is 70.9 Å². The molecule has 1 N–H and O–H groups in total. The van der Waals surface area contributed by atoms with Gasteiger partial charge in [-0.1, -0.05) is 18.2 Å². The summed E-state index contributed by atoms with van der Waals surface area (Å²) in [5.41, 5.74) is 2.40. The zero-order chi connectivity index (χ0) is 21.0. The third-order valence-corrected chi connectivity index (χ3v) is 5.94. The summed E-state index contributed by atoms with van der Waals surface area (Å²) in [6.07, 6.45) is -3.72. The largest absolute Gasteiger partial charge is 0.416 e. The minimum Gasteiger partial charge on any atom is -0.356 e. The minimum atomic E-state index is -4.46. The first kappa shape index (κ1) is 18.7. The number of para-hydroxylation sites is 1. The molecule has 1 fully saturated rings. The summed E-state index contributed by atoms with van der Waals surface area (Å²) in [6, 6.07) is 11.7. The fourth-order valence-corrected chi connectivity index (χ4v) is 4.47. The molecule has 2 aliphatic rings. The average Bonchev–Trinajstić information content (AvgIpc) is 3.12. The Morgan fingerprint density at radius 3 is 2.53 bits per heavy atom. The molecule has 8 heteroatoms. The van der Waals surface area contributed by atoms with Crippen molar-refractivity contribution in [2.45, 2.75) is 18.6 Å². The predicted octanol–water partition coefficient (Wildman–Crippen LogP) is 3.77. The number of H-pyrrole nitrogens is 1. The highest BCUT2D eigenvalue weighted by Gasteiger charge is 2.40. The number of aromatic nitrogens is 1. The molecule has 154 valence electrons. The molecule has 0 spiro atoms. The summed E-state index contributed by atoms with van der Waals surface area (Å²) >= 11 is 0. The summed E-state index contributed by atoms with van der Waals surface area (Å²) in [5.74, 6) is -0.601. The molecule has 0 saturated carbocycles. The van der Waals surface area contributed by atoms with Gasteiger partial charge in [0, 0.05) is 35.2 Å². The Morgan fingerprint density at radius 1 is 1.07 bits per heavy atom. The Hall–Kier alpha value is -3.29. The molecule has 0 aliphatic carbocycles. The molecule has 3 aromatic rings. The van der Waals surface area contributed by atoms with Crippen molar-refractivity contribution in [2.24, 2.45) is 0 Å². The number of nitrogens with one attached hydrogen (secondary N) is 1. The van der Waals surface area contributed by atoms with E-state index in [2.05, 4.69) is 4.98 Å². The second-order valence-corrected chi connectivity index (χ2v) is 7.68. The van der Waals surface area contributed by atoms with Gasteiger partial charge < -0.3 is 14.8 Å². The van der Waals surface area contributed by atoms with E-state index in [1.807, 2.05) is 24.3 Å². The summed E-state index contributed by atoms with van der Waals surface area (Å²) in [7, 11) is 0. The van der Waals surface area contributed by atoms with Gasteiger partial charge in [-0.05, 0) is 42.3 Å². The number of benzene rings is 2. The highest BCUT2D eigenvalue weighted by molar-refractivity contribution is 5.97. The van der Waals surface area contributed by atoms with Crippen LogP contribution in [-0.4, -0.2) is 46.2 Å². The molecule has 0 radical (unpaired) electrons. The highest BCUT2D eigenvalue weighted by atomic mass is 19.4. The van der Waals surface area contributed by atoms with Gasteiger partial charge in [0.15, 0.2) is 0 Å². The molecule has 0 bridgehead atoms. The number of rotatable bonds is 1. The smallest absolute Gasteiger partial charge is 0.356 e. The molecule has 1 atom stereocenters. The van der Waals surface area contributed by atoms with Gasteiger partial charge in [0.05, 0.1) is 11.6 Å². The number of nitrogens with zero attached hydrogens (tertiary/aromatic N) is 2. The van der Waals surface area contributed by atoms with Crippen molar-refractivity contribution in [2.75, 3.05) is 19.6 Å². The predicted molar refractivity (Wildman–Crippen MR) is 104 cm³/mol. The quantitative estimate of drug-likeness (QED) is 0.660. The molecule has 5 rings (SSSR count). The minimum absolute atomic E-state index is 0.0775. The number of amides is 2. The molecule has 1 saturated heterocycles. The molecule has 1 aromatic heterocycles. The summed E-state index contributed by atoms with van der Waals surface area (Å²) in [6.45, 7) is 0.804. The second-order valence-electron chi connectivity index (χ2n) is 7.68. The number of carbonyl (C=O) groups is 2. The molecule has 2 amide bonds. The summed E-state index contributed by atoms with van der Waals surface area (Å²) < 4.78 is 38.4. The van der Waals surface area contributed by atoms with Crippen molar-refractivity contribution >= 4 is 22.7 Å². The van der Waals surface area contributed by atoms with Crippen molar-refractivity contribution < 1.29 is 22.8 Å². The topological polar surface area (TPSA) is 56.4 Å². The molecule has 2 aromatic carbocycles. The van der Waals surface area contributed by atoms with Crippen molar-refractivity contribution in [3.8, 4) is 0 Å². The van der Waals surface area contributed by atoms with E-state index >= 15 is 0 Å². The van der Waals surface area contributed by atoms with Gasteiger partial charge >= 0.3 is 6.18 Å². The summed E-state index contributed by atoms with van der Waals surface area (Å²) in [4.78, 5) is 32.3. The van der Waals surface area contributed by atoms with Crippen LogP contribution in [0.15, 0.2) is 48.5 Å². The SMILES string of the molecule is O=C(c1ccc(C(F)(F)F)cc1)N1CC(=O)N2CCc3c([nH]c4ccccc34)C2C1. The Kier molecular flexibility index (Phi) is 4.13. The number of hydrogen-bond acceptors (Lipinski definition) is 2. The zero-order valence-corrected chi connectivity index (χ0v) is 15.9. The fourth-order valence-electron chi connectivity index (χ4n) is 4.47. The van der Waals surface area contributed by atoms with Crippen LogP contribution in [0.25, 0.3) is 10.9 Å². The van der Waals surface area contributed by atoms with Gasteiger partial charge in [-0.25, -0.2) is 0 Å². The van der Waals surface area contributed by atoms with E-state index in [1.165, 1.54) is 4.90 Å². The first-order valence-electron chi connectivity index (χ1n) is 9.68. The lowest BCUT2D eigenvalue weighted by atomic mass is 9.95. The Bertz CT molecular complexity index is 1150. The maximum absolute atomic E-state index is 12.9. The van der Waals surface area contributed by atoms with Crippen LogP contribution in [0.3, 0.4) is 0 Å². The first-order chi connectivity index (χ1) is 14.3. The van der Waals surface area contributed by atoms with Crippen molar-refractivity contribution in [1.82, 2.24) is 14.8 Å². The molecule has 3 heterocycles. The van der Waals surface area contributed by atoms with E-state index in [9.17, 15) is 22.8 Å². The number of halogens is 3. The van der Waals surface area contributed by atoms with E-state index in [1.54, 1.807) is 4.90 Å². The number of aromatic amines is 1. The number of alkyl halides is 3. The Morgan fingerprint density at radius 2 is 1.80 bits per heavy atom. The maximum Gasteiger partial charge on any atom is 0.416 e. The Balaban J connectivity index is 1.45. The van der Waals surface area contributed by atoms with Crippen LogP contribution in [0.5, 0.6) is 0 Å². The van der Waals surface area contributed by atoms with Crippen LogP contribution in [0, 0.1) is 0 Å². The van der Waals surface area contributed by atoms with E-state index in [0.717, 1.165) is 52.8 Å². The molecule has 5 nitrogen and oxygen atoms in total. The second kappa shape index (κ2) is 6.62. The van der Waals surface area contributed by atoms with E-state index in [4.69, 9.17) is 0 Å². The molecule has 2 aliphatic heterocycles. The average molecular weight is 413 g/mol. The van der Waals surface area contributed by atoms with Gasteiger partial charge in [-0.15, -0.1) is 0 Å². The number of fused-ring (bicyclic) bond motifs is 5. The van der Waals surface area contributed by atoms with Gasteiger partial charge in [0.1, 0.15) is 6.54 Å². The lowest BCUT2D eigenvalue weighted by molar-refractivity contribution is -0.139. The highest BCUT2D eigenvalue weighted by Crippen LogP contribution is 2.37. The monoisotopic (exact) mass is 413 g/mol. The van der Waals surface area contributed by atoms with Crippen molar-refractivity contribution in [3.63, 3.8) is 0 Å². The van der Waals surface area contributed by atoms with E-state index in [0.29, 0.717) is 13.1 Å². The van der Waals surface area contributed by atoms with Crippen LogP contribution in [0.4, 0.5) is 13.2 Å². The van der Waals surface area contributed by atoms with Crippen molar-refractivity contribution in [1.29, 1.82) is 0 Å². The molecule has 1 unspecified atom stereocenters. The molecular weight excluding hydrogens is 395 g/mol. The maximum atomic E-state index is 12.9. The zero-order valence-electron chi connectivity index (χ0n) is 15.9. The van der Waals surface area contributed by atoms with Gasteiger partial charge in [0.2, 0.25) is 5.91 Å². The van der Waals surface area contributed by atoms with Crippen LogP contribution < -0.4 is 0 Å². The molecule has 30 heavy (non-hydrogen) atoms. The third kappa shape index (κ3) is 2.94. The Labute approximate surface area is 170 Å². The third-order valence-electron chi connectivity index (χ3n) is 5.94. The van der Waals surface area contributed by atoms with Crippen LogP contribution in [0.1, 0.15) is 33.2 Å². The van der Waals surface area contributed by atoms with Crippen LogP contribution in [0.2, 0.25) is 0 Å². The lowest BCUT2D eigenvalue weighted by Crippen LogP contribution is -2.55. The van der Waals surface area contributed by atoms with Gasteiger partial charge in [-0.2, -0.15) is 13.2 Å². The molecular formula is C22H18F3N3O2. The fraction of sp³-hybridized carbons (Fsp3) is 0.273. The van der Waals surface area contributed by atoms with E-state index < -0.39 is 17.6 Å². The lowest BCUT2D eigenvalue weighted by Gasteiger charge is -2.43. The number of hydrogen-bond donors (Lipinski definition) is 1. The normalized spacial score (nSPS) is 19.0. The number of piperazine rings is 1. The first-order valence-corrected chi connectivity index (χ1v) is 9.68. The van der Waals surface area contributed by atoms with E-state index in [-0.39, 0.29) is 24.1 Å². The number of carbonyl (C=O) groups excluding carboxylic acids is 2. The summed E-state index contributed by atoms with van der Waals surface area (Å²) in [5, 5.41) is 1.12.